The Balaban J connectivity index is 0.000000737. The maximum Gasteiger partial charge on any atom is 0.251 e. The predicted octanol–water partition coefficient (Wildman–Crippen LogP) is 10.2. The first-order valence-electron chi connectivity index (χ1n) is 16.7. The van der Waals surface area contributed by atoms with Gasteiger partial charge in [-0.1, -0.05) is 101 Å². The molecular formula is C38H51Cl2N5O. The van der Waals surface area contributed by atoms with Gasteiger partial charge in [-0.2, -0.15) is 0 Å². The number of unbranched alkanes of at least 4 members (excludes halogenated alkanes) is 1. The van der Waals surface area contributed by atoms with Gasteiger partial charge in [-0.15, -0.1) is 0 Å². The molecule has 2 aliphatic rings. The molecule has 46 heavy (non-hydrogen) atoms. The van der Waals surface area contributed by atoms with Crippen molar-refractivity contribution in [3.63, 3.8) is 0 Å². The number of halogens is 2. The van der Waals surface area contributed by atoms with Gasteiger partial charge in [0.2, 0.25) is 0 Å². The molecule has 1 amide bonds. The van der Waals surface area contributed by atoms with Crippen molar-refractivity contribution in [1.82, 2.24) is 25.2 Å². The number of hydrogen-bond acceptors (Lipinski definition) is 4. The number of carbonyl (C=O) groups is 1. The van der Waals surface area contributed by atoms with Crippen LogP contribution in [0.15, 0.2) is 79.2 Å². The molecule has 0 bridgehead atoms. The van der Waals surface area contributed by atoms with Crippen LogP contribution < -0.4 is 5.32 Å². The molecule has 6 nitrogen and oxygen atoms in total. The van der Waals surface area contributed by atoms with E-state index in [1.165, 1.54) is 32.1 Å². The van der Waals surface area contributed by atoms with E-state index in [9.17, 15) is 4.79 Å². The van der Waals surface area contributed by atoms with Crippen LogP contribution in [0.5, 0.6) is 0 Å². The summed E-state index contributed by atoms with van der Waals surface area (Å²) in [5.41, 5.74) is 5.21. The van der Waals surface area contributed by atoms with E-state index in [2.05, 4.69) is 47.2 Å². The van der Waals surface area contributed by atoms with Crippen molar-refractivity contribution >= 4 is 29.1 Å². The number of aromatic amines is 1. The lowest BCUT2D eigenvalue weighted by atomic mass is 9.96. The van der Waals surface area contributed by atoms with E-state index in [0.717, 1.165) is 79.2 Å². The molecule has 3 aromatic rings. The van der Waals surface area contributed by atoms with E-state index >= 15 is 0 Å². The molecule has 5 rings (SSSR count). The summed E-state index contributed by atoms with van der Waals surface area (Å²) in [7, 11) is 0. The normalized spacial score (nSPS) is 15.2. The maximum absolute atomic E-state index is 12.3. The molecule has 2 fully saturated rings. The van der Waals surface area contributed by atoms with Gasteiger partial charge in [0.25, 0.3) is 5.91 Å². The molecule has 1 saturated heterocycles. The van der Waals surface area contributed by atoms with Crippen LogP contribution >= 0.6 is 23.2 Å². The number of aromatic nitrogens is 3. The minimum absolute atomic E-state index is 0.0898. The molecule has 248 valence electrons. The Morgan fingerprint density at radius 2 is 1.63 bits per heavy atom. The summed E-state index contributed by atoms with van der Waals surface area (Å²) in [5, 5.41) is 4.03. The molecule has 3 heterocycles. The molecule has 0 radical (unpaired) electrons. The first-order valence-corrected chi connectivity index (χ1v) is 17.5. The highest BCUT2D eigenvalue weighted by Crippen LogP contribution is 2.36. The number of nitrogens with zero attached hydrogens (tertiary/aromatic N) is 3. The van der Waals surface area contributed by atoms with Gasteiger partial charge in [-0.25, -0.2) is 4.98 Å². The fraction of sp³-hybridized carbons (Fsp3) is 0.447. The Hall–Kier alpha value is -3.19. The number of rotatable bonds is 11. The zero-order chi connectivity index (χ0) is 33.3. The van der Waals surface area contributed by atoms with Crippen LogP contribution in [0, 0.1) is 0 Å². The zero-order valence-corrected chi connectivity index (χ0v) is 29.4. The number of nitrogens with one attached hydrogen (secondary N) is 2. The molecule has 1 aliphatic carbocycles. The number of allylic oxidation sites excluding steroid dienone is 2. The van der Waals surface area contributed by atoms with Crippen molar-refractivity contribution in [2.75, 3.05) is 26.2 Å². The average molecular weight is 665 g/mol. The van der Waals surface area contributed by atoms with Crippen LogP contribution in [-0.4, -0.2) is 51.9 Å². The van der Waals surface area contributed by atoms with Gasteiger partial charge in [0.05, 0.1) is 21.4 Å². The molecule has 2 N–H and O–H groups in total. The molecule has 0 spiro atoms. The Bertz CT molecular complexity index is 1420. The molecule has 2 aromatic heterocycles. The minimum atomic E-state index is -0.0898. The molecule has 0 unspecified atom stereocenters. The fourth-order valence-corrected chi connectivity index (χ4v) is 5.44. The van der Waals surface area contributed by atoms with Gasteiger partial charge in [0, 0.05) is 41.6 Å². The number of pyridine rings is 1. The quantitative estimate of drug-likeness (QED) is 0.122. The van der Waals surface area contributed by atoms with Crippen LogP contribution in [0.2, 0.25) is 10.0 Å². The molecule has 0 atom stereocenters. The maximum atomic E-state index is 12.3. The average Bonchev–Trinajstić information content (AvgIpc) is 3.48. The summed E-state index contributed by atoms with van der Waals surface area (Å²) >= 11 is 12.5. The van der Waals surface area contributed by atoms with Crippen molar-refractivity contribution in [2.45, 2.75) is 84.5 Å². The van der Waals surface area contributed by atoms with Crippen molar-refractivity contribution in [3.05, 3.63) is 95.1 Å². The highest BCUT2D eigenvalue weighted by Gasteiger charge is 2.25. The van der Waals surface area contributed by atoms with Crippen molar-refractivity contribution in [2.24, 2.45) is 0 Å². The predicted molar refractivity (Wildman–Crippen MR) is 195 cm³/mol. The Labute approximate surface area is 286 Å². The molecule has 1 aromatic carbocycles. The standard InChI is InChI=1S/C31H35Cl2N5O.C4H8.C3H8/c1-4-21(3)25(5-2)31(39)35-14-6-7-17-38-18-12-23(13-19-38)30-36-28(22-10-15-34-16-11-22)29(37-30)24-8-9-26(32)27(33)20-24;1-2-4-3-1;1-3-2/h4-5,8-11,15-16,20,23H,1-2,6-7,12-14,17-19H2,3H3,(H,35,39)(H,36,37);1-4H2;3H2,1-2H3/b25-21+;;. The van der Waals surface area contributed by atoms with Crippen LogP contribution in [0.4, 0.5) is 0 Å². The number of hydrogen-bond donors (Lipinski definition) is 2. The molecule has 1 saturated carbocycles. The number of imidazole rings is 1. The van der Waals surface area contributed by atoms with Gasteiger partial charge in [0.1, 0.15) is 5.82 Å². The van der Waals surface area contributed by atoms with Gasteiger partial charge < -0.3 is 15.2 Å². The van der Waals surface area contributed by atoms with E-state index in [4.69, 9.17) is 28.2 Å². The first-order chi connectivity index (χ1) is 22.3. The van der Waals surface area contributed by atoms with Gasteiger partial charge in [-0.05, 0) is 82.1 Å². The number of piperidine rings is 1. The number of H-pyrrole nitrogens is 1. The largest absolute Gasteiger partial charge is 0.352 e. The van der Waals surface area contributed by atoms with Crippen molar-refractivity contribution in [1.29, 1.82) is 0 Å². The number of benzene rings is 1. The Morgan fingerprint density at radius 3 is 2.20 bits per heavy atom. The van der Waals surface area contributed by atoms with Crippen molar-refractivity contribution in [3.8, 4) is 22.5 Å². The highest BCUT2D eigenvalue weighted by atomic mass is 35.5. The molecule has 8 heteroatoms. The third-order valence-electron chi connectivity index (χ3n) is 8.22. The zero-order valence-electron chi connectivity index (χ0n) is 27.9. The number of amides is 1. The van der Waals surface area contributed by atoms with Gasteiger partial charge in [-0.3, -0.25) is 9.78 Å². The van der Waals surface area contributed by atoms with Crippen LogP contribution in [0.3, 0.4) is 0 Å². The summed E-state index contributed by atoms with van der Waals surface area (Å²) < 4.78 is 0. The van der Waals surface area contributed by atoms with E-state index in [1.807, 2.05) is 37.3 Å². The third kappa shape index (κ3) is 11.3. The lowest BCUT2D eigenvalue weighted by Gasteiger charge is -2.31. The summed E-state index contributed by atoms with van der Waals surface area (Å²) in [5.74, 6) is 1.27. The third-order valence-corrected chi connectivity index (χ3v) is 8.96. The Kier molecular flexibility index (Phi) is 16.3. The van der Waals surface area contributed by atoms with Crippen molar-refractivity contribution < 1.29 is 4.79 Å². The smallest absolute Gasteiger partial charge is 0.251 e. The summed E-state index contributed by atoms with van der Waals surface area (Å²) in [6.07, 6.45) is 18.1. The van der Waals surface area contributed by atoms with E-state index < -0.39 is 0 Å². The van der Waals surface area contributed by atoms with Crippen LogP contribution in [0.1, 0.15) is 90.3 Å². The Morgan fingerprint density at radius 1 is 0.978 bits per heavy atom. The summed E-state index contributed by atoms with van der Waals surface area (Å²) in [4.78, 5) is 27.7. The van der Waals surface area contributed by atoms with E-state index in [-0.39, 0.29) is 5.91 Å². The van der Waals surface area contributed by atoms with Gasteiger partial charge >= 0.3 is 0 Å². The fourth-order valence-electron chi connectivity index (χ4n) is 5.14. The lowest BCUT2D eigenvalue weighted by molar-refractivity contribution is -0.117. The minimum Gasteiger partial charge on any atom is -0.352 e. The van der Waals surface area contributed by atoms with E-state index in [0.29, 0.717) is 28.1 Å². The van der Waals surface area contributed by atoms with Gasteiger partial charge in [0.15, 0.2) is 0 Å². The second-order valence-electron chi connectivity index (χ2n) is 11.9. The second kappa shape index (κ2) is 20.1. The van der Waals surface area contributed by atoms with Crippen LogP contribution in [0.25, 0.3) is 22.5 Å². The topological polar surface area (TPSA) is 73.9 Å². The van der Waals surface area contributed by atoms with E-state index in [1.54, 1.807) is 24.5 Å². The lowest BCUT2D eigenvalue weighted by Crippen LogP contribution is -2.34. The second-order valence-corrected chi connectivity index (χ2v) is 12.7. The SMILES string of the molecule is C1CCC1.C=C/C(C)=C(\C=C)C(=O)NCCCCN1CCC(c2nc(-c3ccc(Cl)c(Cl)c3)c(-c3ccncc3)[nH]2)CC1.CCC. The highest BCUT2D eigenvalue weighted by molar-refractivity contribution is 6.42. The number of likely N-dealkylation sites (tertiary alicyclic amines) is 1. The van der Waals surface area contributed by atoms with Crippen LogP contribution in [-0.2, 0) is 4.79 Å². The summed E-state index contributed by atoms with van der Waals surface area (Å²) in [6, 6.07) is 9.61. The molecule has 1 aliphatic heterocycles. The number of carbonyl (C=O) groups excluding carboxylic acids is 1. The first kappa shape index (κ1) is 37.3. The monoisotopic (exact) mass is 663 g/mol. The molecular weight excluding hydrogens is 613 g/mol. The summed E-state index contributed by atoms with van der Waals surface area (Å²) in [6.45, 7) is 17.3.